The molecular formula is C20H22F3N3O2. The Balaban J connectivity index is 1.67. The number of alkyl halides is 3. The Kier molecular flexibility index (Phi) is 5.16. The normalized spacial score (nSPS) is 16.2. The van der Waals surface area contributed by atoms with Crippen LogP contribution in [0.25, 0.3) is 21.8 Å². The van der Waals surface area contributed by atoms with Crippen molar-refractivity contribution in [2.75, 3.05) is 32.8 Å². The van der Waals surface area contributed by atoms with Gasteiger partial charge in [-0.05, 0) is 37.6 Å². The fourth-order valence-corrected chi connectivity index (χ4v) is 3.91. The SMILES string of the molecule is Oc1ccc2c3ccnc(C(F)(F)F)c3n(CCCCN3CCOCC3)c2c1. The van der Waals surface area contributed by atoms with Crippen molar-refractivity contribution < 1.29 is 23.0 Å². The monoisotopic (exact) mass is 393 g/mol. The van der Waals surface area contributed by atoms with Gasteiger partial charge >= 0.3 is 6.18 Å². The summed E-state index contributed by atoms with van der Waals surface area (Å²) in [5, 5.41) is 11.1. The van der Waals surface area contributed by atoms with E-state index in [0.717, 1.165) is 45.7 Å². The highest BCUT2D eigenvalue weighted by molar-refractivity contribution is 6.09. The zero-order chi connectivity index (χ0) is 19.7. The van der Waals surface area contributed by atoms with E-state index in [1.165, 1.54) is 18.3 Å². The van der Waals surface area contributed by atoms with Gasteiger partial charge in [-0.1, -0.05) is 0 Å². The molecule has 0 unspecified atom stereocenters. The maximum Gasteiger partial charge on any atom is 0.435 e. The lowest BCUT2D eigenvalue weighted by Gasteiger charge is -2.26. The first-order valence-electron chi connectivity index (χ1n) is 9.42. The lowest BCUT2D eigenvalue weighted by molar-refractivity contribution is -0.140. The third-order valence-corrected chi connectivity index (χ3v) is 5.23. The Hall–Kier alpha value is -2.32. The molecule has 1 fully saturated rings. The van der Waals surface area contributed by atoms with Crippen LogP contribution in [-0.2, 0) is 17.5 Å². The van der Waals surface area contributed by atoms with Gasteiger partial charge in [0.15, 0.2) is 5.69 Å². The first-order chi connectivity index (χ1) is 13.4. The number of aromatic nitrogens is 2. The summed E-state index contributed by atoms with van der Waals surface area (Å²) in [5.41, 5.74) is -0.198. The molecule has 1 aliphatic heterocycles. The fourth-order valence-electron chi connectivity index (χ4n) is 3.91. The summed E-state index contributed by atoms with van der Waals surface area (Å²) in [6.07, 6.45) is -1.73. The minimum atomic E-state index is -4.54. The topological polar surface area (TPSA) is 50.5 Å². The van der Waals surface area contributed by atoms with Crippen LogP contribution in [0.5, 0.6) is 5.75 Å². The van der Waals surface area contributed by atoms with Gasteiger partial charge in [0.1, 0.15) is 5.75 Å². The summed E-state index contributed by atoms with van der Waals surface area (Å²) in [4.78, 5) is 5.94. The van der Waals surface area contributed by atoms with E-state index in [2.05, 4.69) is 9.88 Å². The van der Waals surface area contributed by atoms with Crippen molar-refractivity contribution in [3.63, 3.8) is 0 Å². The summed E-state index contributed by atoms with van der Waals surface area (Å²) in [7, 11) is 0. The summed E-state index contributed by atoms with van der Waals surface area (Å²) < 4.78 is 47.8. The Morgan fingerprint density at radius 3 is 2.54 bits per heavy atom. The van der Waals surface area contributed by atoms with Gasteiger partial charge in [0.05, 0.1) is 24.2 Å². The maximum atomic E-state index is 13.6. The Morgan fingerprint density at radius 1 is 1.04 bits per heavy atom. The van der Waals surface area contributed by atoms with Gasteiger partial charge in [0.25, 0.3) is 0 Å². The minimum Gasteiger partial charge on any atom is -0.508 e. The number of pyridine rings is 1. The van der Waals surface area contributed by atoms with E-state index in [1.54, 1.807) is 16.7 Å². The molecule has 0 atom stereocenters. The molecule has 0 saturated carbocycles. The molecule has 1 aromatic carbocycles. The van der Waals surface area contributed by atoms with Gasteiger partial charge in [-0.25, -0.2) is 4.98 Å². The van der Waals surface area contributed by atoms with E-state index in [0.29, 0.717) is 22.8 Å². The number of aryl methyl sites for hydroxylation is 1. The number of hydrogen-bond acceptors (Lipinski definition) is 4. The van der Waals surface area contributed by atoms with Crippen LogP contribution >= 0.6 is 0 Å². The predicted octanol–water partition coefficient (Wildman–Crippen LogP) is 4.03. The molecule has 3 heterocycles. The Morgan fingerprint density at radius 2 is 1.79 bits per heavy atom. The van der Waals surface area contributed by atoms with Gasteiger partial charge in [-0.15, -0.1) is 0 Å². The lowest BCUT2D eigenvalue weighted by Crippen LogP contribution is -2.36. The van der Waals surface area contributed by atoms with Crippen LogP contribution in [0.15, 0.2) is 30.5 Å². The predicted molar refractivity (Wildman–Crippen MR) is 100 cm³/mol. The molecule has 28 heavy (non-hydrogen) atoms. The van der Waals surface area contributed by atoms with Crippen LogP contribution in [0, 0.1) is 0 Å². The molecule has 8 heteroatoms. The van der Waals surface area contributed by atoms with E-state index in [-0.39, 0.29) is 11.3 Å². The van der Waals surface area contributed by atoms with E-state index < -0.39 is 11.9 Å². The minimum absolute atomic E-state index is 0.0337. The molecule has 0 bridgehead atoms. The third-order valence-electron chi connectivity index (χ3n) is 5.23. The zero-order valence-corrected chi connectivity index (χ0v) is 15.4. The van der Waals surface area contributed by atoms with Gasteiger partial charge in [-0.3, -0.25) is 4.90 Å². The van der Waals surface area contributed by atoms with Crippen molar-refractivity contribution in [2.45, 2.75) is 25.6 Å². The highest BCUT2D eigenvalue weighted by atomic mass is 19.4. The van der Waals surface area contributed by atoms with Crippen LogP contribution in [-0.4, -0.2) is 52.4 Å². The number of nitrogens with zero attached hydrogens (tertiary/aromatic N) is 3. The number of phenolic OH excluding ortho intramolecular Hbond substituents is 1. The molecule has 2 aromatic heterocycles. The van der Waals surface area contributed by atoms with Crippen molar-refractivity contribution in [3.05, 3.63) is 36.2 Å². The highest BCUT2D eigenvalue weighted by Gasteiger charge is 2.36. The number of fused-ring (bicyclic) bond motifs is 3. The zero-order valence-electron chi connectivity index (χ0n) is 15.4. The molecule has 3 aromatic rings. The number of ether oxygens (including phenoxy) is 1. The standard InChI is InChI=1S/C20H22F3N3O2/c21-20(22,23)19-18-16(5-6-24-19)15-4-3-14(27)13-17(15)26(18)8-2-1-7-25-9-11-28-12-10-25/h3-6,13,27H,1-2,7-12H2. The Bertz CT molecular complexity index is 978. The van der Waals surface area contributed by atoms with Crippen LogP contribution in [0.1, 0.15) is 18.5 Å². The Labute approximate surface area is 160 Å². The third kappa shape index (κ3) is 3.66. The summed E-state index contributed by atoms with van der Waals surface area (Å²) >= 11 is 0. The highest BCUT2D eigenvalue weighted by Crippen LogP contribution is 2.38. The van der Waals surface area contributed by atoms with Crippen LogP contribution in [0.4, 0.5) is 13.2 Å². The molecule has 0 radical (unpaired) electrons. The maximum absolute atomic E-state index is 13.6. The second-order valence-corrected chi connectivity index (χ2v) is 7.07. The quantitative estimate of drug-likeness (QED) is 0.665. The first kappa shape index (κ1) is 19.0. The van der Waals surface area contributed by atoms with Gasteiger partial charge in [0.2, 0.25) is 0 Å². The lowest BCUT2D eigenvalue weighted by atomic mass is 10.1. The van der Waals surface area contributed by atoms with E-state index in [9.17, 15) is 18.3 Å². The van der Waals surface area contributed by atoms with E-state index >= 15 is 0 Å². The van der Waals surface area contributed by atoms with Crippen molar-refractivity contribution in [1.29, 1.82) is 0 Å². The van der Waals surface area contributed by atoms with Crippen molar-refractivity contribution >= 4 is 21.8 Å². The largest absolute Gasteiger partial charge is 0.508 e. The number of benzene rings is 1. The number of aromatic hydroxyl groups is 1. The van der Waals surface area contributed by atoms with Crippen LogP contribution < -0.4 is 0 Å². The number of unbranched alkanes of at least 4 members (excludes halogenated alkanes) is 1. The van der Waals surface area contributed by atoms with Crippen molar-refractivity contribution in [1.82, 2.24) is 14.5 Å². The second-order valence-electron chi connectivity index (χ2n) is 7.07. The molecule has 0 amide bonds. The summed E-state index contributed by atoms with van der Waals surface area (Å²) in [5.74, 6) is 0.0337. The number of morpholine rings is 1. The average molecular weight is 393 g/mol. The van der Waals surface area contributed by atoms with Crippen molar-refractivity contribution in [2.24, 2.45) is 0 Å². The molecule has 150 valence electrons. The smallest absolute Gasteiger partial charge is 0.435 e. The number of hydrogen-bond donors (Lipinski definition) is 1. The van der Waals surface area contributed by atoms with Gasteiger partial charge < -0.3 is 14.4 Å². The van der Waals surface area contributed by atoms with Gasteiger partial charge in [0, 0.05) is 42.7 Å². The molecule has 5 nitrogen and oxygen atoms in total. The summed E-state index contributed by atoms with van der Waals surface area (Å²) in [6, 6.07) is 6.29. The number of phenols is 1. The van der Waals surface area contributed by atoms with Gasteiger partial charge in [-0.2, -0.15) is 13.2 Å². The van der Waals surface area contributed by atoms with Crippen LogP contribution in [0.3, 0.4) is 0 Å². The first-order valence-corrected chi connectivity index (χ1v) is 9.42. The molecule has 1 N–H and O–H groups in total. The molecule has 1 saturated heterocycles. The van der Waals surface area contributed by atoms with E-state index in [1.807, 2.05) is 0 Å². The second kappa shape index (κ2) is 7.60. The van der Waals surface area contributed by atoms with Crippen molar-refractivity contribution in [3.8, 4) is 5.75 Å². The van der Waals surface area contributed by atoms with Crippen LogP contribution in [0.2, 0.25) is 0 Å². The number of halogens is 3. The molecule has 4 rings (SSSR count). The molecule has 0 spiro atoms. The van der Waals surface area contributed by atoms with E-state index in [4.69, 9.17) is 4.74 Å². The molecule has 0 aliphatic carbocycles. The number of rotatable bonds is 5. The average Bonchev–Trinajstić information content (AvgIpc) is 2.98. The fraction of sp³-hybridized carbons (Fsp3) is 0.450. The molecular weight excluding hydrogens is 371 g/mol. The summed E-state index contributed by atoms with van der Waals surface area (Å²) in [6.45, 7) is 4.58. The molecule has 1 aliphatic rings.